The number of rotatable bonds is 3. The highest BCUT2D eigenvalue weighted by Gasteiger charge is 1.96. The van der Waals surface area contributed by atoms with Crippen molar-refractivity contribution in [1.82, 2.24) is 9.97 Å². The lowest BCUT2D eigenvalue weighted by Gasteiger charge is -2.00. The zero-order chi connectivity index (χ0) is 10.6. The second-order valence-electron chi connectivity index (χ2n) is 3.38. The van der Waals surface area contributed by atoms with Crippen LogP contribution in [0.5, 0.6) is 0 Å². The molecule has 0 unspecified atom stereocenters. The van der Waals surface area contributed by atoms with E-state index in [0.717, 1.165) is 17.8 Å². The largest absolute Gasteiger partial charge is 0.382 e. The number of anilines is 1. The lowest BCUT2D eigenvalue weighted by molar-refractivity contribution is 0.759. The van der Waals surface area contributed by atoms with E-state index in [1.54, 1.807) is 6.20 Å². The predicted octanol–water partition coefficient (Wildman–Crippen LogP) is 2.38. The molecule has 0 fully saturated rings. The van der Waals surface area contributed by atoms with Crippen molar-refractivity contribution < 1.29 is 0 Å². The third kappa shape index (κ3) is 8.21. The van der Waals surface area contributed by atoms with Crippen molar-refractivity contribution in [2.75, 3.05) is 5.73 Å². The molecular formula is C10H19Cl3N4. The third-order valence-corrected chi connectivity index (χ3v) is 1.80. The number of nitrogens with zero attached hydrogens (tertiary/aromatic N) is 2. The van der Waals surface area contributed by atoms with Gasteiger partial charge in [-0.25, -0.2) is 9.97 Å². The minimum absolute atomic E-state index is 0. The van der Waals surface area contributed by atoms with Crippen molar-refractivity contribution in [3.63, 3.8) is 0 Å². The standard InChI is InChI=1S/C10H16N4.3ClH/c1-7(11)4-3-5-9-6-13-10(12)8(2)14-9;;;/h3,5-7H,4,11H2,1-2H3,(H2,12,13);3*1H/b5-3+;;;/t7-;;;/m0.../s1. The summed E-state index contributed by atoms with van der Waals surface area (Å²) in [6.45, 7) is 3.80. The Bertz CT molecular complexity index is 342. The van der Waals surface area contributed by atoms with E-state index < -0.39 is 0 Å². The highest BCUT2D eigenvalue weighted by molar-refractivity contribution is 5.86. The summed E-state index contributed by atoms with van der Waals surface area (Å²) in [5.74, 6) is 0.481. The molecule has 0 amide bonds. The van der Waals surface area contributed by atoms with Crippen molar-refractivity contribution in [3.05, 3.63) is 23.7 Å². The topological polar surface area (TPSA) is 77.8 Å². The first-order valence-corrected chi connectivity index (χ1v) is 4.61. The lowest BCUT2D eigenvalue weighted by Crippen LogP contribution is -2.12. The van der Waals surface area contributed by atoms with Gasteiger partial charge in [0.2, 0.25) is 0 Å². The summed E-state index contributed by atoms with van der Waals surface area (Å²) in [7, 11) is 0. The van der Waals surface area contributed by atoms with Gasteiger partial charge in [0.15, 0.2) is 0 Å². The van der Waals surface area contributed by atoms with E-state index in [0.29, 0.717) is 5.82 Å². The van der Waals surface area contributed by atoms with E-state index in [2.05, 4.69) is 9.97 Å². The highest BCUT2D eigenvalue weighted by atomic mass is 35.5. The molecule has 1 rings (SSSR count). The molecular weight excluding hydrogens is 282 g/mol. The fourth-order valence-corrected chi connectivity index (χ4v) is 0.993. The molecule has 0 aliphatic carbocycles. The predicted molar refractivity (Wildman–Crippen MR) is 80.2 cm³/mol. The molecule has 4 nitrogen and oxygen atoms in total. The van der Waals surface area contributed by atoms with Crippen LogP contribution in [0, 0.1) is 6.92 Å². The van der Waals surface area contributed by atoms with Crippen LogP contribution in [0.1, 0.15) is 24.7 Å². The summed E-state index contributed by atoms with van der Waals surface area (Å²) in [5.41, 5.74) is 12.7. The van der Waals surface area contributed by atoms with E-state index >= 15 is 0 Å². The number of nitrogens with two attached hydrogens (primary N) is 2. The van der Waals surface area contributed by atoms with Crippen molar-refractivity contribution in [2.24, 2.45) is 5.73 Å². The summed E-state index contributed by atoms with van der Waals surface area (Å²) in [4.78, 5) is 8.26. The average Bonchev–Trinajstić information content (AvgIpc) is 2.10. The van der Waals surface area contributed by atoms with Crippen LogP contribution in [0.25, 0.3) is 6.08 Å². The Morgan fingerprint density at radius 2 is 1.94 bits per heavy atom. The molecule has 1 heterocycles. The van der Waals surface area contributed by atoms with Crippen LogP contribution in [-0.4, -0.2) is 16.0 Å². The van der Waals surface area contributed by atoms with E-state index in [4.69, 9.17) is 11.5 Å². The molecule has 0 saturated carbocycles. The fourth-order valence-electron chi connectivity index (χ4n) is 0.993. The molecule has 7 heteroatoms. The normalized spacial score (nSPS) is 11.0. The van der Waals surface area contributed by atoms with Crippen LogP contribution in [0.3, 0.4) is 0 Å². The van der Waals surface area contributed by atoms with Gasteiger partial charge in [-0.1, -0.05) is 6.08 Å². The van der Waals surface area contributed by atoms with Gasteiger partial charge in [0, 0.05) is 6.04 Å². The molecule has 17 heavy (non-hydrogen) atoms. The second-order valence-corrected chi connectivity index (χ2v) is 3.38. The molecule has 0 bridgehead atoms. The van der Waals surface area contributed by atoms with Gasteiger partial charge in [-0.05, 0) is 26.3 Å². The Kier molecular flexibility index (Phi) is 13.5. The fraction of sp³-hybridized carbons (Fsp3) is 0.400. The Balaban J connectivity index is -0.000000653. The van der Waals surface area contributed by atoms with Crippen LogP contribution in [0.4, 0.5) is 5.82 Å². The quantitative estimate of drug-likeness (QED) is 0.898. The molecule has 0 spiro atoms. The molecule has 0 aliphatic rings. The monoisotopic (exact) mass is 300 g/mol. The molecule has 0 aromatic carbocycles. The van der Waals surface area contributed by atoms with Crippen molar-refractivity contribution in [1.29, 1.82) is 0 Å². The first kappa shape index (κ1) is 21.7. The van der Waals surface area contributed by atoms with Gasteiger partial charge >= 0.3 is 0 Å². The number of halogens is 3. The van der Waals surface area contributed by atoms with Gasteiger partial charge in [0.1, 0.15) is 5.82 Å². The highest BCUT2D eigenvalue weighted by Crippen LogP contribution is 2.05. The molecule has 1 atom stereocenters. The van der Waals surface area contributed by atoms with Gasteiger partial charge in [0.05, 0.1) is 17.6 Å². The lowest BCUT2D eigenvalue weighted by atomic mass is 10.2. The molecule has 1 aromatic heterocycles. The van der Waals surface area contributed by atoms with E-state index in [9.17, 15) is 0 Å². The van der Waals surface area contributed by atoms with Gasteiger partial charge in [-0.3, -0.25) is 0 Å². The van der Waals surface area contributed by atoms with Crippen molar-refractivity contribution in [3.8, 4) is 0 Å². The Morgan fingerprint density at radius 1 is 1.35 bits per heavy atom. The van der Waals surface area contributed by atoms with Gasteiger partial charge in [-0.2, -0.15) is 0 Å². The molecule has 0 aliphatic heterocycles. The number of hydrogen-bond acceptors (Lipinski definition) is 4. The zero-order valence-corrected chi connectivity index (χ0v) is 12.2. The first-order chi connectivity index (χ1) is 6.59. The van der Waals surface area contributed by atoms with Gasteiger partial charge in [0.25, 0.3) is 0 Å². The maximum Gasteiger partial charge on any atom is 0.144 e. The molecule has 0 radical (unpaired) electrons. The Hall–Kier alpha value is -0.550. The Morgan fingerprint density at radius 3 is 2.41 bits per heavy atom. The summed E-state index contributed by atoms with van der Waals surface area (Å²) < 4.78 is 0. The summed E-state index contributed by atoms with van der Waals surface area (Å²) in [6.07, 6.45) is 6.39. The Labute approximate surface area is 121 Å². The number of hydrogen-bond donors (Lipinski definition) is 2. The molecule has 0 saturated heterocycles. The number of aryl methyl sites for hydroxylation is 1. The number of nitrogen functional groups attached to an aromatic ring is 1. The minimum atomic E-state index is 0. The zero-order valence-electron chi connectivity index (χ0n) is 9.79. The van der Waals surface area contributed by atoms with Crippen molar-refractivity contribution >= 4 is 49.1 Å². The molecule has 1 aromatic rings. The average molecular weight is 302 g/mol. The first-order valence-electron chi connectivity index (χ1n) is 4.61. The smallest absolute Gasteiger partial charge is 0.144 e. The van der Waals surface area contributed by atoms with Crippen LogP contribution >= 0.6 is 37.2 Å². The van der Waals surface area contributed by atoms with E-state index in [-0.39, 0.29) is 43.3 Å². The van der Waals surface area contributed by atoms with Crippen LogP contribution in [-0.2, 0) is 0 Å². The third-order valence-electron chi connectivity index (χ3n) is 1.80. The summed E-state index contributed by atoms with van der Waals surface area (Å²) in [6, 6.07) is 0.175. The summed E-state index contributed by atoms with van der Waals surface area (Å²) >= 11 is 0. The second kappa shape index (κ2) is 10.6. The molecule has 4 N–H and O–H groups in total. The molecule has 100 valence electrons. The van der Waals surface area contributed by atoms with Crippen LogP contribution < -0.4 is 11.5 Å². The minimum Gasteiger partial charge on any atom is -0.382 e. The van der Waals surface area contributed by atoms with Gasteiger partial charge < -0.3 is 11.5 Å². The summed E-state index contributed by atoms with van der Waals surface area (Å²) in [5, 5.41) is 0. The van der Waals surface area contributed by atoms with Gasteiger partial charge in [-0.15, -0.1) is 37.2 Å². The van der Waals surface area contributed by atoms with Crippen molar-refractivity contribution in [2.45, 2.75) is 26.3 Å². The van der Waals surface area contributed by atoms with Crippen LogP contribution in [0.2, 0.25) is 0 Å². The van der Waals surface area contributed by atoms with E-state index in [1.165, 1.54) is 0 Å². The number of aromatic nitrogens is 2. The maximum absolute atomic E-state index is 5.60. The SMILES string of the molecule is Cc1nc(/C=C/C[C@H](C)N)cnc1N.Cl.Cl.Cl. The van der Waals surface area contributed by atoms with Crippen LogP contribution in [0.15, 0.2) is 12.3 Å². The maximum atomic E-state index is 5.60. The van der Waals surface area contributed by atoms with E-state index in [1.807, 2.05) is 26.0 Å².